The summed E-state index contributed by atoms with van der Waals surface area (Å²) in [6.45, 7) is 13.2. The third kappa shape index (κ3) is 14.9. The van der Waals surface area contributed by atoms with Gasteiger partial charge < -0.3 is 17.7 Å². The molecule has 0 atom stereocenters. The van der Waals surface area contributed by atoms with Gasteiger partial charge in [0.2, 0.25) is 64.0 Å². The van der Waals surface area contributed by atoms with Crippen molar-refractivity contribution in [1.29, 1.82) is 0 Å². The van der Waals surface area contributed by atoms with Crippen LogP contribution in [-0.4, -0.2) is 9.97 Å². The van der Waals surface area contributed by atoms with Gasteiger partial charge in [0, 0.05) is 97.7 Å². The molecule has 118 heavy (non-hydrogen) atoms. The van der Waals surface area contributed by atoms with Gasteiger partial charge in [-0.15, -0.1) is 0 Å². The Labute approximate surface area is 696 Å². The van der Waals surface area contributed by atoms with Gasteiger partial charge in [-0.2, -0.15) is 18.3 Å². The quantitative estimate of drug-likeness (QED) is 0.154. The number of benzene rings is 10. The molecule has 0 N–H and O–H groups in total. The summed E-state index contributed by atoms with van der Waals surface area (Å²) in [6.07, 6.45) is 15.6. The zero-order valence-corrected chi connectivity index (χ0v) is 66.6. The number of rotatable bonds is 6. The molecule has 10 aromatic carbocycles. The molecule has 0 bridgehead atoms. The number of hydrogen-bond donors (Lipinski definition) is 0. The van der Waals surface area contributed by atoms with Crippen LogP contribution in [-0.2, 0) is 28.2 Å². The lowest BCUT2D eigenvalue weighted by Crippen LogP contribution is -2.31. The Hall–Kier alpha value is -12.7. The topological polar surface area (TPSA) is 93.9 Å². The summed E-state index contributed by atoms with van der Waals surface area (Å²) in [4.78, 5) is 9.81. The van der Waals surface area contributed by atoms with Crippen LogP contribution in [0.4, 0.5) is 0 Å². The van der Waals surface area contributed by atoms with E-state index in [9.17, 15) is 0 Å². The van der Waals surface area contributed by atoms with Gasteiger partial charge in [-0.05, 0) is 206 Å². The minimum Gasteiger partial charge on any atom is -0.449 e. The number of aryl methyl sites for hydroxylation is 8. The van der Waals surface area contributed by atoms with Gasteiger partial charge in [0.05, 0.1) is 16.4 Å². The maximum atomic E-state index is 9.16. The van der Waals surface area contributed by atoms with Gasteiger partial charge in [-0.25, -0.2) is 9.97 Å². The number of hydrogen-bond acceptors (Lipinski definition) is 6. The van der Waals surface area contributed by atoms with Crippen LogP contribution in [0.1, 0.15) is 149 Å². The molecule has 10 aromatic heterocycles. The van der Waals surface area contributed by atoms with E-state index in [2.05, 4.69) is 355 Å². The van der Waals surface area contributed by atoms with Crippen molar-refractivity contribution in [2.45, 2.75) is 141 Å². The van der Waals surface area contributed by atoms with E-state index in [1.807, 2.05) is 0 Å². The molecule has 10 heteroatoms. The predicted octanol–water partition coefficient (Wildman–Crippen LogP) is 28.2. The van der Waals surface area contributed by atoms with E-state index in [4.69, 9.17) is 30.4 Å². The highest BCUT2D eigenvalue weighted by Crippen LogP contribution is 2.45. The van der Waals surface area contributed by atoms with Crippen molar-refractivity contribution in [1.82, 2.24) is 9.97 Å². The number of aromatic nitrogens is 6. The zero-order chi connectivity index (χ0) is 79.5. The lowest BCUT2D eigenvalue weighted by Gasteiger charge is -2.34. The first-order valence-corrected chi connectivity index (χ1v) is 40.2. The highest BCUT2D eigenvalue weighted by Gasteiger charge is 2.30. The van der Waals surface area contributed by atoms with E-state index in [0.717, 1.165) is 172 Å². The molecule has 0 radical (unpaired) electrons. The van der Waals surface area contributed by atoms with Crippen LogP contribution in [0.15, 0.2) is 285 Å². The third-order valence-corrected chi connectivity index (χ3v) is 24.5. The van der Waals surface area contributed by atoms with Crippen molar-refractivity contribution in [3.05, 3.63) is 301 Å². The van der Waals surface area contributed by atoms with Crippen LogP contribution in [0.2, 0.25) is 0 Å². The fraction of sp³-hybridized carbons (Fsp3) is 0.241. The van der Waals surface area contributed by atoms with Crippen LogP contribution in [0.3, 0.4) is 0 Å². The summed E-state index contributed by atoms with van der Waals surface area (Å²) >= 11 is 0. The van der Waals surface area contributed by atoms with Crippen molar-refractivity contribution >= 4 is 131 Å². The van der Waals surface area contributed by atoms with Crippen molar-refractivity contribution < 1.29 is 38.7 Å². The first kappa shape index (κ1) is 77.9. The fourth-order valence-corrected chi connectivity index (χ4v) is 17.8. The number of nitrogens with zero attached hydrogens (tertiary/aromatic N) is 6. The van der Waals surface area contributed by atoms with Crippen LogP contribution in [0, 0.1) is 33.1 Å². The van der Waals surface area contributed by atoms with E-state index in [1.165, 1.54) is 83.9 Å². The minimum absolute atomic E-state index is 0. The van der Waals surface area contributed by atoms with Crippen molar-refractivity contribution in [2.24, 2.45) is 33.6 Å². The average Bonchev–Trinajstić information content (AvgIpc) is 1.59. The molecule has 0 unspecified atom stereocenters. The highest BCUT2D eigenvalue weighted by molar-refractivity contribution is 6.16. The molecular formula is C108H110N6O4+4. The van der Waals surface area contributed by atoms with E-state index in [-0.39, 0.29) is 29.7 Å². The second-order valence-corrected chi connectivity index (χ2v) is 32.6. The van der Waals surface area contributed by atoms with Crippen LogP contribution in [0.25, 0.3) is 177 Å². The molecule has 0 spiro atoms. The normalized spacial score (nSPS) is 14.4. The lowest BCUT2D eigenvalue weighted by atomic mass is 9.71. The summed E-state index contributed by atoms with van der Waals surface area (Å²) in [5.41, 5.74) is 26.9. The summed E-state index contributed by atoms with van der Waals surface area (Å²) in [6, 6.07) is 87.5. The van der Waals surface area contributed by atoms with Crippen LogP contribution in [0.5, 0.6) is 0 Å². The molecule has 0 amide bonds. The van der Waals surface area contributed by atoms with E-state index in [1.54, 1.807) is 0 Å². The first-order chi connectivity index (χ1) is 56.2. The second-order valence-electron chi connectivity index (χ2n) is 32.6. The first-order valence-electron chi connectivity index (χ1n) is 41.2. The molecule has 20 aromatic rings. The van der Waals surface area contributed by atoms with Gasteiger partial charge in [0.25, 0.3) is 5.52 Å². The molecular weight excluding hydrogens is 1450 g/mol. The largest absolute Gasteiger partial charge is 0.449 e. The SMILES string of the molecule is C.C.C.C.Cc1ccccc1-c1cc2c(c[n+]1C)oc1c3ccccc3ccc21.Cc1ccccc1-c1ccc2oc3cc4ccccc4cc3c2[n+]1C.[2H]C1(c2ccc3cc4c(nc3c2)oc2c[n+](C)c(-c3ccccc3C)cc24)CCC(C)(C)CC1.[2H]C1(c2ccc3cc4c(nc3c2)oc2c[n+](C)c(-c3ccccc3C)cc24)CCCCC1. The summed E-state index contributed by atoms with van der Waals surface area (Å²) in [5, 5.41) is 14.7. The van der Waals surface area contributed by atoms with Crippen LogP contribution < -0.4 is 18.3 Å². The summed E-state index contributed by atoms with van der Waals surface area (Å²) in [7, 11) is 8.31. The van der Waals surface area contributed by atoms with E-state index >= 15 is 0 Å². The van der Waals surface area contributed by atoms with Gasteiger partial charge >= 0.3 is 0 Å². The molecule has 22 rings (SSSR count). The Kier molecular flexibility index (Phi) is 21.6. The summed E-state index contributed by atoms with van der Waals surface area (Å²) in [5.74, 6) is -1.00. The van der Waals surface area contributed by atoms with Crippen molar-refractivity contribution in [3.63, 3.8) is 0 Å². The Bertz CT molecular complexity index is 7290. The number of fused-ring (bicyclic) bond motifs is 17. The molecule has 2 saturated carbocycles. The maximum Gasteiger partial charge on any atom is 0.259 e. The van der Waals surface area contributed by atoms with E-state index in [0.29, 0.717) is 16.8 Å². The van der Waals surface area contributed by atoms with Crippen molar-refractivity contribution in [3.8, 4) is 45.0 Å². The average molecular weight is 1560 g/mol. The molecule has 10 nitrogen and oxygen atoms in total. The highest BCUT2D eigenvalue weighted by atomic mass is 16.3. The monoisotopic (exact) mass is 1560 g/mol. The molecule has 2 aliphatic carbocycles. The van der Waals surface area contributed by atoms with Crippen LogP contribution >= 0.6 is 0 Å². The Balaban J connectivity index is 0.000000124. The van der Waals surface area contributed by atoms with Gasteiger partial charge in [0.15, 0.2) is 11.2 Å². The standard InChI is InChI=1S/C30H31N2O.C28H27N2O.2C23H18NO.4CH4/c1-19-7-5-6-8-23(19)27-17-24-25-15-22-10-9-21(20-11-13-30(2,3)14-12-20)16-26(22)31-29(25)33-28(24)18-32(27)4;1-18-8-6-7-11-22(18)26-16-23-24-14-21-13-12-20(19-9-4-3-5-10-19)15-25(21)29-28(24)31-27(23)17-30(26)2;1-15-7-3-6-10-18(15)20-11-12-21-23(24(20)2)19-13-16-8-4-5-9-17(16)14-22(19)25-21;1-15-7-3-5-9-17(15)21-13-20-19-12-11-16-8-4-6-10-18(16)23(19)25-22(20)14-24(21)2;;;;/h5-10,15-18,20H,11-14H2,1-4H3;6-8,11-17,19H,3-5,9-10H2,1-2H3;2*3-14H,1-2H3;4*1H4/q4*+1;;;;/i20D;19D;;;;;;. The molecule has 2 fully saturated rings. The third-order valence-electron chi connectivity index (χ3n) is 24.5. The minimum atomic E-state index is -0.523. The van der Waals surface area contributed by atoms with Gasteiger partial charge in [-0.1, -0.05) is 214 Å². The molecule has 0 saturated heterocycles. The number of pyridine rings is 6. The number of furan rings is 4. The van der Waals surface area contributed by atoms with Gasteiger partial charge in [0.1, 0.15) is 39.4 Å². The Morgan fingerprint density at radius 1 is 0.331 bits per heavy atom. The fourth-order valence-electron chi connectivity index (χ4n) is 17.8. The van der Waals surface area contributed by atoms with Gasteiger partial charge in [-0.3, -0.25) is 0 Å². The Morgan fingerprint density at radius 3 is 1.23 bits per heavy atom. The second kappa shape index (κ2) is 32.8. The molecule has 592 valence electrons. The van der Waals surface area contributed by atoms with Crippen molar-refractivity contribution in [2.75, 3.05) is 0 Å². The molecule has 0 aliphatic heterocycles. The summed E-state index contributed by atoms with van der Waals surface area (Å²) < 4.78 is 51.6. The maximum absolute atomic E-state index is 9.16. The Morgan fingerprint density at radius 2 is 0.737 bits per heavy atom. The smallest absolute Gasteiger partial charge is 0.259 e. The molecule has 2 aliphatic rings. The molecule has 10 heterocycles. The zero-order valence-electron chi connectivity index (χ0n) is 68.6. The lowest BCUT2D eigenvalue weighted by molar-refractivity contribution is -0.659. The predicted molar refractivity (Wildman–Crippen MR) is 494 cm³/mol. The van der Waals surface area contributed by atoms with E-state index < -0.39 is 11.8 Å².